The summed E-state index contributed by atoms with van der Waals surface area (Å²) in [7, 11) is 0. The summed E-state index contributed by atoms with van der Waals surface area (Å²) >= 11 is 0. The minimum atomic E-state index is -0.120. The number of aliphatic imine (C=N–C) groups is 1. The number of aliphatic hydroxyl groups is 1. The number of ketones is 1. The highest BCUT2D eigenvalue weighted by atomic mass is 16.3. The molecule has 0 radical (unpaired) electrons. The number of Topliss-reactive ketones (excluding diaryl/α,β-unsaturated/α-hetero) is 1. The van der Waals surface area contributed by atoms with Crippen LogP contribution in [0, 0.1) is 6.92 Å². The second-order valence-electron chi connectivity index (χ2n) is 3.94. The summed E-state index contributed by atoms with van der Waals surface area (Å²) in [5.41, 5.74) is 1.31. The molecule has 18 heavy (non-hydrogen) atoms. The van der Waals surface area contributed by atoms with Crippen molar-refractivity contribution in [2.45, 2.75) is 33.6 Å². The second kappa shape index (κ2) is 6.69. The molecule has 0 amide bonds. The minimum Gasteiger partial charge on any atom is -0.512 e. The number of aromatic nitrogens is 1. The molecule has 0 unspecified atom stereocenters. The molecule has 0 aliphatic heterocycles. The SMILES string of the molecule is CCC(=O)C(C=Nc1ccc(C)cn1)=C(O)CC. The first-order valence-corrected chi connectivity index (χ1v) is 6.00. The Labute approximate surface area is 107 Å². The molecular weight excluding hydrogens is 228 g/mol. The number of allylic oxidation sites excluding steroid dienone is 2. The van der Waals surface area contributed by atoms with Gasteiger partial charge in [0.25, 0.3) is 0 Å². The number of carbonyl (C=O) groups excluding carboxylic acids is 1. The lowest BCUT2D eigenvalue weighted by molar-refractivity contribution is -0.114. The van der Waals surface area contributed by atoms with E-state index in [1.807, 2.05) is 13.0 Å². The molecule has 0 saturated heterocycles. The summed E-state index contributed by atoms with van der Waals surface area (Å²) in [6, 6.07) is 3.66. The van der Waals surface area contributed by atoms with E-state index in [0.29, 0.717) is 18.7 Å². The smallest absolute Gasteiger partial charge is 0.167 e. The predicted molar refractivity (Wildman–Crippen MR) is 72.4 cm³/mol. The van der Waals surface area contributed by atoms with Gasteiger partial charge in [0.2, 0.25) is 0 Å². The molecule has 0 bridgehead atoms. The van der Waals surface area contributed by atoms with Gasteiger partial charge in [-0.3, -0.25) is 4.79 Å². The van der Waals surface area contributed by atoms with Gasteiger partial charge in [-0.15, -0.1) is 0 Å². The Bertz CT molecular complexity index is 473. The maximum atomic E-state index is 11.7. The number of aryl methyl sites for hydroxylation is 1. The van der Waals surface area contributed by atoms with Gasteiger partial charge in [0.05, 0.1) is 5.57 Å². The molecular formula is C14H18N2O2. The number of hydrogen-bond donors (Lipinski definition) is 1. The average molecular weight is 246 g/mol. The highest BCUT2D eigenvalue weighted by Gasteiger charge is 2.10. The highest BCUT2D eigenvalue weighted by molar-refractivity contribution is 6.13. The van der Waals surface area contributed by atoms with Crippen LogP contribution in [0.15, 0.2) is 34.7 Å². The van der Waals surface area contributed by atoms with E-state index >= 15 is 0 Å². The van der Waals surface area contributed by atoms with Crippen molar-refractivity contribution in [3.63, 3.8) is 0 Å². The molecule has 0 spiro atoms. The molecule has 0 saturated carbocycles. The van der Waals surface area contributed by atoms with E-state index in [4.69, 9.17) is 0 Å². The summed E-state index contributed by atoms with van der Waals surface area (Å²) < 4.78 is 0. The van der Waals surface area contributed by atoms with Gasteiger partial charge in [-0.1, -0.05) is 19.9 Å². The minimum absolute atomic E-state index is 0.0673. The average Bonchev–Trinajstić information content (AvgIpc) is 2.40. The molecule has 0 atom stereocenters. The number of nitrogens with zero attached hydrogens (tertiary/aromatic N) is 2. The topological polar surface area (TPSA) is 62.5 Å². The van der Waals surface area contributed by atoms with Crippen molar-refractivity contribution in [1.29, 1.82) is 0 Å². The molecule has 1 rings (SSSR count). The lowest BCUT2D eigenvalue weighted by Gasteiger charge is -2.02. The van der Waals surface area contributed by atoms with Gasteiger partial charge >= 0.3 is 0 Å². The molecule has 1 heterocycles. The number of aliphatic hydroxyl groups excluding tert-OH is 1. The van der Waals surface area contributed by atoms with E-state index in [-0.39, 0.29) is 17.1 Å². The van der Waals surface area contributed by atoms with Crippen molar-refractivity contribution in [1.82, 2.24) is 4.98 Å². The van der Waals surface area contributed by atoms with Crippen LogP contribution in [0.2, 0.25) is 0 Å². The number of rotatable bonds is 5. The molecule has 0 aliphatic carbocycles. The molecule has 0 fully saturated rings. The van der Waals surface area contributed by atoms with Crippen molar-refractivity contribution >= 4 is 17.8 Å². The predicted octanol–water partition coefficient (Wildman–Crippen LogP) is 3.29. The number of carbonyl (C=O) groups is 1. The Balaban J connectivity index is 2.97. The van der Waals surface area contributed by atoms with Gasteiger partial charge in [-0.2, -0.15) is 0 Å². The lowest BCUT2D eigenvalue weighted by atomic mass is 10.1. The van der Waals surface area contributed by atoms with Crippen molar-refractivity contribution in [2.75, 3.05) is 0 Å². The summed E-state index contributed by atoms with van der Waals surface area (Å²) in [6.07, 6.45) is 3.85. The maximum absolute atomic E-state index is 11.7. The monoisotopic (exact) mass is 246 g/mol. The molecule has 1 N–H and O–H groups in total. The first-order chi connectivity index (χ1) is 8.58. The Morgan fingerprint density at radius 1 is 1.39 bits per heavy atom. The molecule has 1 aromatic heterocycles. The van der Waals surface area contributed by atoms with E-state index in [0.717, 1.165) is 5.56 Å². The van der Waals surface area contributed by atoms with E-state index in [1.54, 1.807) is 26.1 Å². The van der Waals surface area contributed by atoms with Crippen LogP contribution in [0.25, 0.3) is 0 Å². The number of hydrogen-bond acceptors (Lipinski definition) is 4. The summed E-state index contributed by atoms with van der Waals surface area (Å²) in [6.45, 7) is 5.48. The fourth-order valence-corrected chi connectivity index (χ4v) is 1.36. The van der Waals surface area contributed by atoms with Gasteiger partial charge in [-0.05, 0) is 18.6 Å². The van der Waals surface area contributed by atoms with Crippen molar-refractivity contribution in [3.8, 4) is 0 Å². The van der Waals surface area contributed by atoms with Gasteiger partial charge in [0.1, 0.15) is 5.76 Å². The molecule has 96 valence electrons. The standard InChI is InChI=1S/C14H18N2O2/c1-4-12(17)11(13(18)5-2)9-16-14-7-6-10(3)8-15-14/h6-9,17H,4-5H2,1-3H3. The largest absolute Gasteiger partial charge is 0.512 e. The Kier molecular flexibility index (Phi) is 5.24. The first kappa shape index (κ1) is 14.1. The Hall–Kier alpha value is -1.97. The van der Waals surface area contributed by atoms with Crippen LogP contribution in [0.4, 0.5) is 5.82 Å². The van der Waals surface area contributed by atoms with Crippen molar-refractivity contribution < 1.29 is 9.90 Å². The third-order valence-electron chi connectivity index (χ3n) is 2.49. The Morgan fingerprint density at radius 2 is 2.11 bits per heavy atom. The third kappa shape index (κ3) is 3.80. The van der Waals surface area contributed by atoms with Crippen LogP contribution in [0.1, 0.15) is 32.3 Å². The van der Waals surface area contributed by atoms with Crippen LogP contribution >= 0.6 is 0 Å². The zero-order valence-electron chi connectivity index (χ0n) is 11.0. The molecule has 0 aliphatic rings. The van der Waals surface area contributed by atoms with Crippen LogP contribution < -0.4 is 0 Å². The molecule has 0 aromatic carbocycles. The Morgan fingerprint density at radius 3 is 2.61 bits per heavy atom. The van der Waals surface area contributed by atoms with Gasteiger partial charge in [0, 0.05) is 25.3 Å². The highest BCUT2D eigenvalue weighted by Crippen LogP contribution is 2.11. The fraction of sp³-hybridized carbons (Fsp3) is 0.357. The van der Waals surface area contributed by atoms with E-state index in [1.165, 1.54) is 6.21 Å². The fourth-order valence-electron chi connectivity index (χ4n) is 1.36. The zero-order chi connectivity index (χ0) is 13.5. The first-order valence-electron chi connectivity index (χ1n) is 6.00. The van der Waals surface area contributed by atoms with Gasteiger partial charge in [-0.25, -0.2) is 9.98 Å². The molecule has 4 nitrogen and oxygen atoms in total. The summed E-state index contributed by atoms with van der Waals surface area (Å²) in [4.78, 5) is 19.9. The van der Waals surface area contributed by atoms with Crippen molar-refractivity contribution in [2.24, 2.45) is 4.99 Å². The van der Waals surface area contributed by atoms with Crippen LogP contribution in [-0.2, 0) is 4.79 Å². The third-order valence-corrected chi connectivity index (χ3v) is 2.49. The van der Waals surface area contributed by atoms with Crippen molar-refractivity contribution in [3.05, 3.63) is 35.2 Å². The molecule has 4 heteroatoms. The van der Waals surface area contributed by atoms with Gasteiger partial charge < -0.3 is 5.11 Å². The van der Waals surface area contributed by atoms with Gasteiger partial charge in [0.15, 0.2) is 11.6 Å². The second-order valence-corrected chi connectivity index (χ2v) is 3.94. The summed E-state index contributed by atoms with van der Waals surface area (Å²) in [5, 5.41) is 9.69. The summed E-state index contributed by atoms with van der Waals surface area (Å²) in [5.74, 6) is 0.467. The normalized spacial score (nSPS) is 12.6. The van der Waals surface area contributed by atoms with E-state index < -0.39 is 0 Å². The zero-order valence-corrected chi connectivity index (χ0v) is 11.0. The van der Waals surface area contributed by atoms with E-state index in [9.17, 15) is 9.90 Å². The van der Waals surface area contributed by atoms with Crippen LogP contribution in [0.5, 0.6) is 0 Å². The number of pyridine rings is 1. The molecule has 1 aromatic rings. The lowest BCUT2D eigenvalue weighted by Crippen LogP contribution is -2.05. The maximum Gasteiger partial charge on any atom is 0.167 e. The van der Waals surface area contributed by atoms with Crippen LogP contribution in [-0.4, -0.2) is 22.1 Å². The van der Waals surface area contributed by atoms with E-state index in [2.05, 4.69) is 9.98 Å². The quantitative estimate of drug-likeness (QED) is 0.492. The van der Waals surface area contributed by atoms with Crippen LogP contribution in [0.3, 0.4) is 0 Å².